The topological polar surface area (TPSA) is 64.0 Å². The summed E-state index contributed by atoms with van der Waals surface area (Å²) in [4.78, 5) is 30.9. The molecule has 0 aliphatic rings. The molecule has 142 valence electrons. The first-order valence-corrected chi connectivity index (χ1v) is 10.9. The second kappa shape index (κ2) is 8.16. The molecule has 0 aliphatic heterocycles. The molecule has 7 heteroatoms. The Morgan fingerprint density at radius 1 is 1.18 bits per heavy atom. The molecule has 0 saturated carbocycles. The average Bonchev–Trinajstić information content (AvgIpc) is 3.23. The summed E-state index contributed by atoms with van der Waals surface area (Å²) < 4.78 is 1.63. The first-order valence-electron chi connectivity index (χ1n) is 9.01. The molecule has 0 spiro atoms. The van der Waals surface area contributed by atoms with Gasteiger partial charge in [0, 0.05) is 11.4 Å². The van der Waals surface area contributed by atoms with E-state index in [1.807, 2.05) is 60.8 Å². The Labute approximate surface area is 170 Å². The van der Waals surface area contributed by atoms with Crippen molar-refractivity contribution in [3.05, 3.63) is 69.1 Å². The van der Waals surface area contributed by atoms with E-state index in [4.69, 9.17) is 0 Å². The molecule has 2 aromatic heterocycles. The lowest BCUT2D eigenvalue weighted by Crippen LogP contribution is -2.26. The number of rotatable bonds is 6. The van der Waals surface area contributed by atoms with E-state index in [1.165, 1.54) is 11.8 Å². The first-order chi connectivity index (χ1) is 13.7. The minimum atomic E-state index is -0.0751. The summed E-state index contributed by atoms with van der Waals surface area (Å²) >= 11 is 2.90. The van der Waals surface area contributed by atoms with Crippen LogP contribution in [0.4, 0.5) is 0 Å². The Morgan fingerprint density at radius 2 is 1.96 bits per heavy atom. The lowest BCUT2D eigenvalue weighted by molar-refractivity contribution is -0.118. The number of thioether (sulfide) groups is 1. The molecule has 1 N–H and O–H groups in total. The molecule has 0 atom stereocenters. The van der Waals surface area contributed by atoms with Crippen LogP contribution in [0, 0.1) is 0 Å². The van der Waals surface area contributed by atoms with Crippen molar-refractivity contribution < 1.29 is 4.79 Å². The van der Waals surface area contributed by atoms with Gasteiger partial charge in [0.15, 0.2) is 5.16 Å². The summed E-state index contributed by atoms with van der Waals surface area (Å²) in [7, 11) is 0. The van der Waals surface area contributed by atoms with Crippen molar-refractivity contribution in [2.75, 3.05) is 5.75 Å². The van der Waals surface area contributed by atoms with Crippen LogP contribution in [0.1, 0.15) is 11.8 Å². The highest BCUT2D eigenvalue weighted by Gasteiger charge is 2.13. The van der Waals surface area contributed by atoms with E-state index >= 15 is 0 Å². The van der Waals surface area contributed by atoms with Gasteiger partial charge in [-0.15, -0.1) is 11.3 Å². The van der Waals surface area contributed by atoms with Crippen molar-refractivity contribution in [1.82, 2.24) is 14.9 Å². The monoisotopic (exact) mass is 409 g/mol. The summed E-state index contributed by atoms with van der Waals surface area (Å²) in [5.74, 6) is 0.144. The zero-order valence-electron chi connectivity index (χ0n) is 15.3. The van der Waals surface area contributed by atoms with Crippen LogP contribution >= 0.6 is 23.1 Å². The van der Waals surface area contributed by atoms with Crippen LogP contribution in [0.15, 0.2) is 63.9 Å². The molecule has 0 radical (unpaired) electrons. The van der Waals surface area contributed by atoms with Gasteiger partial charge in [0.1, 0.15) is 0 Å². The van der Waals surface area contributed by atoms with Gasteiger partial charge in [-0.3, -0.25) is 14.2 Å². The van der Waals surface area contributed by atoms with E-state index in [2.05, 4.69) is 10.3 Å². The fraction of sp³-hybridized carbons (Fsp3) is 0.190. The molecule has 2 heterocycles. The van der Waals surface area contributed by atoms with Crippen molar-refractivity contribution in [2.24, 2.45) is 0 Å². The van der Waals surface area contributed by atoms with Gasteiger partial charge in [0.25, 0.3) is 5.56 Å². The highest BCUT2D eigenvalue weighted by atomic mass is 32.2. The van der Waals surface area contributed by atoms with Crippen molar-refractivity contribution in [3.63, 3.8) is 0 Å². The maximum Gasteiger partial charge on any atom is 0.262 e. The third kappa shape index (κ3) is 3.81. The van der Waals surface area contributed by atoms with Crippen LogP contribution in [-0.4, -0.2) is 21.2 Å². The lowest BCUT2D eigenvalue weighted by Gasteiger charge is -2.12. The largest absolute Gasteiger partial charge is 0.350 e. The van der Waals surface area contributed by atoms with Gasteiger partial charge in [0.05, 0.1) is 23.2 Å². The van der Waals surface area contributed by atoms with Crippen LogP contribution in [0.25, 0.3) is 21.7 Å². The zero-order chi connectivity index (χ0) is 19.5. The van der Waals surface area contributed by atoms with Gasteiger partial charge in [-0.2, -0.15) is 0 Å². The molecular weight excluding hydrogens is 390 g/mol. The SMILES string of the molecule is CCn1c(SCC(=O)NCc2cccs2)nc2cc3ccccc3cc2c1=O. The van der Waals surface area contributed by atoms with Gasteiger partial charge in [-0.25, -0.2) is 4.98 Å². The molecule has 0 saturated heterocycles. The number of nitrogens with one attached hydrogen (secondary N) is 1. The van der Waals surface area contributed by atoms with Crippen molar-refractivity contribution >= 4 is 50.7 Å². The number of fused-ring (bicyclic) bond motifs is 2. The fourth-order valence-corrected chi connectivity index (χ4v) is 4.59. The number of thiophene rings is 1. The first kappa shape index (κ1) is 18.7. The van der Waals surface area contributed by atoms with Crippen LogP contribution in [0.2, 0.25) is 0 Å². The molecule has 1 amide bonds. The van der Waals surface area contributed by atoms with Crippen molar-refractivity contribution in [3.8, 4) is 0 Å². The summed E-state index contributed by atoms with van der Waals surface area (Å²) in [6.07, 6.45) is 0. The third-order valence-corrected chi connectivity index (χ3v) is 6.33. The predicted octanol–water partition coefficient (Wildman–Crippen LogP) is 4.04. The van der Waals surface area contributed by atoms with Gasteiger partial charge in [-0.1, -0.05) is 42.1 Å². The highest BCUT2D eigenvalue weighted by Crippen LogP contribution is 2.22. The van der Waals surface area contributed by atoms with E-state index in [1.54, 1.807) is 15.9 Å². The van der Waals surface area contributed by atoms with E-state index in [-0.39, 0.29) is 17.2 Å². The molecule has 5 nitrogen and oxygen atoms in total. The minimum Gasteiger partial charge on any atom is -0.350 e. The molecule has 0 bridgehead atoms. The summed E-state index contributed by atoms with van der Waals surface area (Å²) in [5, 5.41) is 8.12. The second-order valence-corrected chi connectivity index (χ2v) is 8.28. The van der Waals surface area contributed by atoms with E-state index in [0.29, 0.717) is 29.1 Å². The number of nitrogens with zero attached hydrogens (tertiary/aromatic N) is 2. The standard InChI is InChI=1S/C21H19N3O2S2/c1-2-24-20(26)17-10-14-6-3-4-7-15(14)11-18(17)23-21(24)28-13-19(25)22-12-16-8-5-9-27-16/h3-11H,2,12-13H2,1H3,(H,22,25). The quantitative estimate of drug-likeness (QED) is 0.297. The Bertz CT molecular complexity index is 1200. The lowest BCUT2D eigenvalue weighted by atomic mass is 10.1. The highest BCUT2D eigenvalue weighted by molar-refractivity contribution is 7.99. The Balaban J connectivity index is 1.59. The van der Waals surface area contributed by atoms with Crippen LogP contribution in [-0.2, 0) is 17.9 Å². The maximum absolute atomic E-state index is 13.0. The van der Waals surface area contributed by atoms with Gasteiger partial charge < -0.3 is 5.32 Å². The fourth-order valence-electron chi connectivity index (χ4n) is 3.06. The molecule has 2 aromatic carbocycles. The van der Waals surface area contributed by atoms with E-state index in [0.717, 1.165) is 15.6 Å². The summed E-state index contributed by atoms with van der Waals surface area (Å²) in [5.41, 5.74) is 0.592. The number of hydrogen-bond donors (Lipinski definition) is 1. The number of carbonyl (C=O) groups is 1. The van der Waals surface area contributed by atoms with Gasteiger partial charge in [-0.05, 0) is 41.3 Å². The van der Waals surface area contributed by atoms with Crippen molar-refractivity contribution in [1.29, 1.82) is 0 Å². The van der Waals surface area contributed by atoms with Crippen molar-refractivity contribution in [2.45, 2.75) is 25.2 Å². The smallest absolute Gasteiger partial charge is 0.262 e. The predicted molar refractivity (Wildman–Crippen MR) is 116 cm³/mol. The second-order valence-electron chi connectivity index (χ2n) is 6.31. The zero-order valence-corrected chi connectivity index (χ0v) is 17.0. The Kier molecular flexibility index (Phi) is 5.45. The normalized spacial score (nSPS) is 11.2. The molecule has 0 aliphatic carbocycles. The number of carbonyl (C=O) groups excluding carboxylic acids is 1. The van der Waals surface area contributed by atoms with Gasteiger partial charge >= 0.3 is 0 Å². The number of amides is 1. The molecular formula is C21H19N3O2S2. The molecule has 0 unspecified atom stereocenters. The van der Waals surface area contributed by atoms with Crippen LogP contribution in [0.5, 0.6) is 0 Å². The molecule has 4 rings (SSSR count). The number of hydrogen-bond acceptors (Lipinski definition) is 5. The maximum atomic E-state index is 13.0. The van der Waals surface area contributed by atoms with E-state index in [9.17, 15) is 9.59 Å². The summed E-state index contributed by atoms with van der Waals surface area (Å²) in [6, 6.07) is 15.7. The average molecular weight is 410 g/mol. The third-order valence-electron chi connectivity index (χ3n) is 4.48. The summed E-state index contributed by atoms with van der Waals surface area (Å²) in [6.45, 7) is 2.94. The van der Waals surface area contributed by atoms with Gasteiger partial charge in [0.2, 0.25) is 5.91 Å². The minimum absolute atomic E-state index is 0.0697. The Morgan fingerprint density at radius 3 is 2.68 bits per heavy atom. The number of aromatic nitrogens is 2. The van der Waals surface area contributed by atoms with E-state index < -0.39 is 0 Å². The number of benzene rings is 2. The van der Waals surface area contributed by atoms with Crippen LogP contribution in [0.3, 0.4) is 0 Å². The molecule has 4 aromatic rings. The molecule has 0 fully saturated rings. The Hall–Kier alpha value is -2.64. The van der Waals surface area contributed by atoms with Crippen LogP contribution < -0.4 is 10.9 Å². The molecule has 28 heavy (non-hydrogen) atoms.